The molecule has 0 saturated carbocycles. The molecule has 0 aromatic carbocycles. The van der Waals surface area contributed by atoms with E-state index in [-0.39, 0.29) is 0 Å². The molecule has 2 atom stereocenters. The lowest BCUT2D eigenvalue weighted by atomic mass is 10.2. The Kier molecular flexibility index (Phi) is 9.84. The molecule has 0 bridgehead atoms. The van der Waals surface area contributed by atoms with Gasteiger partial charge in [-0.05, 0) is 19.1 Å². The second-order valence-corrected chi connectivity index (χ2v) is 3.03. The van der Waals surface area contributed by atoms with E-state index < -0.39 is 24.0 Å². The van der Waals surface area contributed by atoms with Crippen molar-refractivity contribution in [2.24, 2.45) is 11.5 Å². The number of thiol groups is 1. The summed E-state index contributed by atoms with van der Waals surface area (Å²) in [4.78, 5) is 19.5. The van der Waals surface area contributed by atoms with Gasteiger partial charge in [0.15, 0.2) is 0 Å². The summed E-state index contributed by atoms with van der Waals surface area (Å²) in [6, 6.07) is -1.47. The van der Waals surface area contributed by atoms with E-state index in [9.17, 15) is 9.59 Å². The van der Waals surface area contributed by atoms with E-state index in [1.807, 2.05) is 0 Å². The van der Waals surface area contributed by atoms with Crippen LogP contribution in [0, 0.1) is 0 Å². The molecule has 6 nitrogen and oxygen atoms in total. The van der Waals surface area contributed by atoms with Crippen LogP contribution in [0.25, 0.3) is 0 Å². The minimum absolute atomic E-state index is 0.429. The molecule has 14 heavy (non-hydrogen) atoms. The van der Waals surface area contributed by atoms with Gasteiger partial charge in [-0.2, -0.15) is 12.6 Å². The van der Waals surface area contributed by atoms with Crippen LogP contribution in [0.3, 0.4) is 0 Å². The molecule has 84 valence electrons. The molecular formula is C7H16N2O4S. The lowest BCUT2D eigenvalue weighted by Gasteiger charge is -2.00. The zero-order valence-corrected chi connectivity index (χ0v) is 8.78. The molecule has 0 heterocycles. The molecule has 0 fully saturated rings. The maximum Gasteiger partial charge on any atom is 0.320 e. The van der Waals surface area contributed by atoms with E-state index in [1.165, 1.54) is 6.92 Å². The van der Waals surface area contributed by atoms with Crippen molar-refractivity contribution in [1.29, 1.82) is 0 Å². The second kappa shape index (κ2) is 8.79. The van der Waals surface area contributed by atoms with Crippen molar-refractivity contribution in [3.8, 4) is 0 Å². The highest BCUT2D eigenvalue weighted by Crippen LogP contribution is 1.88. The zero-order valence-electron chi connectivity index (χ0n) is 7.88. The Bertz CT molecular complexity index is 187. The number of carbonyl (C=O) groups is 2. The Morgan fingerprint density at radius 1 is 1.29 bits per heavy atom. The topological polar surface area (TPSA) is 127 Å². The first-order chi connectivity index (χ1) is 6.32. The van der Waals surface area contributed by atoms with Crippen LogP contribution in [-0.4, -0.2) is 40.0 Å². The fraction of sp³-hybridized carbons (Fsp3) is 0.714. The third-order valence-corrected chi connectivity index (χ3v) is 1.41. The fourth-order valence-corrected chi connectivity index (χ4v) is 0.541. The first-order valence-corrected chi connectivity index (χ1v) is 4.53. The van der Waals surface area contributed by atoms with Gasteiger partial charge in [-0.25, -0.2) is 0 Å². The van der Waals surface area contributed by atoms with E-state index in [0.29, 0.717) is 12.2 Å². The Balaban J connectivity index is 0. The summed E-state index contributed by atoms with van der Waals surface area (Å²) >= 11 is 3.81. The monoisotopic (exact) mass is 224 g/mol. The molecule has 7 heteroatoms. The lowest BCUT2D eigenvalue weighted by Crippen LogP contribution is -2.30. The van der Waals surface area contributed by atoms with Crippen LogP contribution in [0.2, 0.25) is 0 Å². The molecule has 0 aliphatic heterocycles. The Labute approximate surface area is 87.7 Å². The number of hydrogen-bond acceptors (Lipinski definition) is 5. The summed E-state index contributed by atoms with van der Waals surface area (Å²) in [6.07, 6.45) is 0.429. The molecule has 0 amide bonds. The maximum absolute atomic E-state index is 9.93. The van der Waals surface area contributed by atoms with Gasteiger partial charge in [-0.15, -0.1) is 0 Å². The number of hydrogen-bond donors (Lipinski definition) is 5. The van der Waals surface area contributed by atoms with E-state index in [2.05, 4.69) is 12.6 Å². The maximum atomic E-state index is 9.93. The highest BCUT2D eigenvalue weighted by molar-refractivity contribution is 7.80. The van der Waals surface area contributed by atoms with Crippen molar-refractivity contribution >= 4 is 24.6 Å². The van der Waals surface area contributed by atoms with Gasteiger partial charge in [0.05, 0.1) is 0 Å². The van der Waals surface area contributed by atoms with Gasteiger partial charge in [-0.1, -0.05) is 0 Å². The Morgan fingerprint density at radius 3 is 1.71 bits per heavy atom. The predicted molar refractivity (Wildman–Crippen MR) is 55.4 cm³/mol. The molecule has 0 aromatic heterocycles. The fourth-order valence-electron chi connectivity index (χ4n) is 0.263. The van der Waals surface area contributed by atoms with Gasteiger partial charge in [0, 0.05) is 0 Å². The Hall–Kier alpha value is -0.790. The van der Waals surface area contributed by atoms with Crippen molar-refractivity contribution in [2.75, 3.05) is 5.75 Å². The number of rotatable bonds is 4. The molecule has 0 spiro atoms. The summed E-state index contributed by atoms with van der Waals surface area (Å²) < 4.78 is 0. The summed E-state index contributed by atoms with van der Waals surface area (Å²) in [5, 5.41) is 16.0. The quantitative estimate of drug-likeness (QED) is 0.395. The first-order valence-electron chi connectivity index (χ1n) is 3.90. The van der Waals surface area contributed by atoms with Crippen molar-refractivity contribution in [3.05, 3.63) is 0 Å². The van der Waals surface area contributed by atoms with Crippen molar-refractivity contribution < 1.29 is 19.8 Å². The number of carboxylic acids is 2. The van der Waals surface area contributed by atoms with Gasteiger partial charge in [0.2, 0.25) is 0 Å². The van der Waals surface area contributed by atoms with E-state index in [4.69, 9.17) is 21.7 Å². The highest BCUT2D eigenvalue weighted by Gasteiger charge is 2.08. The molecule has 6 N–H and O–H groups in total. The van der Waals surface area contributed by atoms with Crippen LogP contribution in [0.15, 0.2) is 0 Å². The van der Waals surface area contributed by atoms with Crippen LogP contribution < -0.4 is 11.5 Å². The lowest BCUT2D eigenvalue weighted by molar-refractivity contribution is -0.139. The van der Waals surface area contributed by atoms with Crippen LogP contribution in [0.1, 0.15) is 13.3 Å². The SMILES string of the molecule is CC(N)C(=O)O.NC(CCS)C(=O)O. The number of nitrogens with two attached hydrogens (primary N) is 2. The van der Waals surface area contributed by atoms with Gasteiger partial charge in [-0.3, -0.25) is 9.59 Å². The van der Waals surface area contributed by atoms with Crippen LogP contribution in [0.4, 0.5) is 0 Å². The van der Waals surface area contributed by atoms with Gasteiger partial charge >= 0.3 is 11.9 Å². The zero-order chi connectivity index (χ0) is 11.7. The third kappa shape index (κ3) is 11.2. The van der Waals surface area contributed by atoms with Crippen LogP contribution in [-0.2, 0) is 9.59 Å². The van der Waals surface area contributed by atoms with Crippen molar-refractivity contribution in [3.63, 3.8) is 0 Å². The average molecular weight is 224 g/mol. The van der Waals surface area contributed by atoms with Gasteiger partial charge in [0.1, 0.15) is 12.1 Å². The summed E-state index contributed by atoms with van der Waals surface area (Å²) in [7, 11) is 0. The molecule has 0 radical (unpaired) electrons. The van der Waals surface area contributed by atoms with E-state index in [1.54, 1.807) is 0 Å². The van der Waals surface area contributed by atoms with Crippen molar-refractivity contribution in [2.45, 2.75) is 25.4 Å². The average Bonchev–Trinajstić information content (AvgIpc) is 2.05. The molecule has 0 aromatic rings. The number of carboxylic acid groups (broad SMARTS) is 2. The van der Waals surface area contributed by atoms with Crippen LogP contribution >= 0.6 is 12.6 Å². The summed E-state index contributed by atoms with van der Waals surface area (Å²) in [5.41, 5.74) is 9.91. The minimum Gasteiger partial charge on any atom is -0.480 e. The first kappa shape index (κ1) is 15.7. The van der Waals surface area contributed by atoms with Gasteiger partial charge in [0.25, 0.3) is 0 Å². The minimum atomic E-state index is -0.963. The molecular weight excluding hydrogens is 208 g/mol. The van der Waals surface area contributed by atoms with E-state index >= 15 is 0 Å². The third-order valence-electron chi connectivity index (χ3n) is 1.15. The second-order valence-electron chi connectivity index (χ2n) is 2.58. The Morgan fingerprint density at radius 2 is 1.64 bits per heavy atom. The molecule has 0 aliphatic rings. The smallest absolute Gasteiger partial charge is 0.320 e. The molecule has 0 aliphatic carbocycles. The van der Waals surface area contributed by atoms with E-state index in [0.717, 1.165) is 0 Å². The van der Waals surface area contributed by atoms with Gasteiger partial charge < -0.3 is 21.7 Å². The van der Waals surface area contributed by atoms with Crippen LogP contribution in [0.5, 0.6) is 0 Å². The van der Waals surface area contributed by atoms with Crippen molar-refractivity contribution in [1.82, 2.24) is 0 Å². The summed E-state index contributed by atoms with van der Waals surface area (Å²) in [5.74, 6) is -1.40. The molecule has 2 unspecified atom stereocenters. The molecule has 0 rings (SSSR count). The largest absolute Gasteiger partial charge is 0.480 e. The standard InChI is InChI=1S/C4H9NO2S.C3H7NO2/c5-3(1-2-8)4(6)7;1-2(4)3(5)6/h3,8H,1-2,5H2,(H,6,7);2H,4H2,1H3,(H,5,6). The predicted octanol–water partition coefficient (Wildman–Crippen LogP) is -0.864. The molecule has 0 saturated heterocycles. The normalized spacial score (nSPS) is 13.4. The summed E-state index contributed by atoms with van der Waals surface area (Å²) in [6.45, 7) is 1.42. The highest BCUT2D eigenvalue weighted by atomic mass is 32.1. The number of aliphatic carboxylic acids is 2.